The molecule has 0 bridgehead atoms. The Hall–Kier alpha value is -2.07. The number of hydrogen-bond acceptors (Lipinski definition) is 3. The number of rotatable bonds is 4. The van der Waals surface area contributed by atoms with Crippen molar-refractivity contribution in [2.45, 2.75) is 26.0 Å². The maximum atomic E-state index is 11.9. The second kappa shape index (κ2) is 6.59. The van der Waals surface area contributed by atoms with Gasteiger partial charge in [-0.05, 0) is 31.0 Å². The van der Waals surface area contributed by atoms with Crippen LogP contribution in [0.5, 0.6) is 0 Å². The predicted molar refractivity (Wildman–Crippen MR) is 82.0 cm³/mol. The van der Waals surface area contributed by atoms with Crippen molar-refractivity contribution in [2.75, 3.05) is 0 Å². The fraction of sp³-hybridized carbons (Fsp3) is 0.250. The number of nitrogens with one attached hydrogen (secondary N) is 1. The fourth-order valence-electron chi connectivity index (χ4n) is 1.83. The highest BCUT2D eigenvalue weighted by atomic mass is 35.5. The molecule has 2 aromatic rings. The number of aromatic nitrogens is 1. The summed E-state index contributed by atoms with van der Waals surface area (Å²) in [6, 6.07) is 13.0. The maximum Gasteiger partial charge on any atom is 0.408 e. The number of pyridine rings is 1. The summed E-state index contributed by atoms with van der Waals surface area (Å²) in [5.74, 6) is 0. The number of carbonyl (C=O) groups is 1. The smallest absolute Gasteiger partial charge is 0.408 e. The number of hydrogen-bond donors (Lipinski definition) is 1. The van der Waals surface area contributed by atoms with Gasteiger partial charge in [-0.2, -0.15) is 0 Å². The molecule has 2 rings (SSSR count). The minimum Gasteiger partial charge on any atom is -0.445 e. The van der Waals surface area contributed by atoms with Gasteiger partial charge in [0.25, 0.3) is 0 Å². The fourth-order valence-corrected chi connectivity index (χ4v) is 1.94. The van der Waals surface area contributed by atoms with E-state index < -0.39 is 11.6 Å². The van der Waals surface area contributed by atoms with Crippen LogP contribution in [0.1, 0.15) is 25.0 Å². The van der Waals surface area contributed by atoms with E-state index in [1.807, 2.05) is 50.2 Å². The average Bonchev–Trinajstić information content (AvgIpc) is 2.46. The minimum atomic E-state index is -0.592. The Balaban J connectivity index is 1.93. The first-order valence-corrected chi connectivity index (χ1v) is 6.96. The molecule has 0 unspecified atom stereocenters. The summed E-state index contributed by atoms with van der Waals surface area (Å²) >= 11 is 5.76. The van der Waals surface area contributed by atoms with Gasteiger partial charge in [0.05, 0.1) is 5.54 Å². The van der Waals surface area contributed by atoms with Gasteiger partial charge in [0.15, 0.2) is 0 Å². The molecule has 0 aliphatic rings. The summed E-state index contributed by atoms with van der Waals surface area (Å²) in [6.45, 7) is 3.99. The van der Waals surface area contributed by atoms with E-state index in [0.29, 0.717) is 5.15 Å². The standard InChI is InChI=1S/C16H17ClN2O2/c1-16(2,13-8-9-14(17)18-10-13)19-15(20)21-11-12-6-4-3-5-7-12/h3-10H,11H2,1-2H3,(H,19,20). The van der Waals surface area contributed by atoms with E-state index in [1.54, 1.807) is 12.3 Å². The topological polar surface area (TPSA) is 51.2 Å². The quantitative estimate of drug-likeness (QED) is 0.872. The lowest BCUT2D eigenvalue weighted by Crippen LogP contribution is -2.41. The van der Waals surface area contributed by atoms with Crippen LogP contribution in [-0.4, -0.2) is 11.1 Å². The first-order chi connectivity index (χ1) is 9.97. The first-order valence-electron chi connectivity index (χ1n) is 6.58. The molecule has 0 spiro atoms. The van der Waals surface area contributed by atoms with Crippen LogP contribution < -0.4 is 5.32 Å². The summed E-state index contributed by atoms with van der Waals surface area (Å²) in [4.78, 5) is 15.9. The number of benzene rings is 1. The third-order valence-corrected chi connectivity index (χ3v) is 3.30. The molecule has 1 aromatic heterocycles. The van der Waals surface area contributed by atoms with Crippen LogP contribution in [0.4, 0.5) is 4.79 Å². The second-order valence-corrected chi connectivity index (χ2v) is 5.57. The van der Waals surface area contributed by atoms with Crippen LogP contribution in [0, 0.1) is 0 Å². The second-order valence-electron chi connectivity index (χ2n) is 5.18. The molecule has 0 atom stereocenters. The van der Waals surface area contributed by atoms with Gasteiger partial charge in [0.1, 0.15) is 11.8 Å². The minimum absolute atomic E-state index is 0.238. The SMILES string of the molecule is CC(C)(NC(=O)OCc1ccccc1)c1ccc(Cl)nc1. The van der Waals surface area contributed by atoms with Gasteiger partial charge in [-0.15, -0.1) is 0 Å². The Labute approximate surface area is 129 Å². The van der Waals surface area contributed by atoms with Gasteiger partial charge in [0.2, 0.25) is 0 Å². The zero-order chi connectivity index (χ0) is 15.3. The Morgan fingerprint density at radius 1 is 1.24 bits per heavy atom. The number of alkyl carbamates (subject to hydrolysis) is 1. The van der Waals surface area contributed by atoms with Crippen molar-refractivity contribution >= 4 is 17.7 Å². The highest BCUT2D eigenvalue weighted by Crippen LogP contribution is 2.20. The summed E-state index contributed by atoms with van der Waals surface area (Å²) in [5.41, 5.74) is 1.20. The van der Waals surface area contributed by atoms with Crippen molar-refractivity contribution in [1.29, 1.82) is 0 Å². The Kier molecular flexibility index (Phi) is 4.81. The summed E-state index contributed by atoms with van der Waals surface area (Å²) in [7, 11) is 0. The number of amides is 1. The van der Waals surface area contributed by atoms with E-state index >= 15 is 0 Å². The zero-order valence-corrected chi connectivity index (χ0v) is 12.7. The molecule has 110 valence electrons. The predicted octanol–water partition coefficient (Wildman–Crippen LogP) is 3.90. The van der Waals surface area contributed by atoms with Gasteiger partial charge in [-0.3, -0.25) is 0 Å². The Bertz CT molecular complexity index is 597. The molecule has 0 aliphatic heterocycles. The highest BCUT2D eigenvalue weighted by molar-refractivity contribution is 6.29. The lowest BCUT2D eigenvalue weighted by Gasteiger charge is -2.26. The average molecular weight is 305 g/mol. The van der Waals surface area contributed by atoms with Crippen molar-refractivity contribution in [1.82, 2.24) is 10.3 Å². The molecule has 0 saturated carbocycles. The molecule has 0 aliphatic carbocycles. The van der Waals surface area contributed by atoms with Crippen molar-refractivity contribution < 1.29 is 9.53 Å². The first kappa shape index (κ1) is 15.3. The molecule has 0 fully saturated rings. The van der Waals surface area contributed by atoms with Crippen molar-refractivity contribution in [3.05, 3.63) is 64.9 Å². The van der Waals surface area contributed by atoms with E-state index in [2.05, 4.69) is 10.3 Å². The van der Waals surface area contributed by atoms with Crippen molar-refractivity contribution in [3.8, 4) is 0 Å². The van der Waals surface area contributed by atoms with E-state index in [-0.39, 0.29) is 6.61 Å². The number of ether oxygens (including phenoxy) is 1. The number of carbonyl (C=O) groups excluding carboxylic acids is 1. The van der Waals surface area contributed by atoms with Gasteiger partial charge in [-0.25, -0.2) is 9.78 Å². The Morgan fingerprint density at radius 2 is 1.95 bits per heavy atom. The van der Waals surface area contributed by atoms with Crippen LogP contribution >= 0.6 is 11.6 Å². The molecule has 1 amide bonds. The van der Waals surface area contributed by atoms with Crippen LogP contribution in [-0.2, 0) is 16.9 Å². The van der Waals surface area contributed by atoms with Gasteiger partial charge in [0, 0.05) is 6.20 Å². The molecular weight excluding hydrogens is 288 g/mol. The van der Waals surface area contributed by atoms with E-state index in [0.717, 1.165) is 11.1 Å². The van der Waals surface area contributed by atoms with Crippen LogP contribution in [0.25, 0.3) is 0 Å². The molecule has 4 nitrogen and oxygen atoms in total. The molecule has 0 saturated heterocycles. The molecule has 1 aromatic carbocycles. The molecule has 21 heavy (non-hydrogen) atoms. The molecular formula is C16H17ClN2O2. The summed E-state index contributed by atoms with van der Waals surface area (Å²) < 4.78 is 5.21. The van der Waals surface area contributed by atoms with E-state index in [1.165, 1.54) is 0 Å². The van der Waals surface area contributed by atoms with Gasteiger partial charge >= 0.3 is 6.09 Å². The summed E-state index contributed by atoms with van der Waals surface area (Å²) in [5, 5.41) is 3.24. The van der Waals surface area contributed by atoms with E-state index in [9.17, 15) is 4.79 Å². The molecule has 5 heteroatoms. The van der Waals surface area contributed by atoms with Gasteiger partial charge < -0.3 is 10.1 Å². The normalized spacial score (nSPS) is 11.0. The third-order valence-electron chi connectivity index (χ3n) is 3.08. The van der Waals surface area contributed by atoms with Crippen LogP contribution in [0.2, 0.25) is 5.15 Å². The van der Waals surface area contributed by atoms with Crippen molar-refractivity contribution in [3.63, 3.8) is 0 Å². The zero-order valence-electron chi connectivity index (χ0n) is 12.0. The summed E-state index contributed by atoms with van der Waals surface area (Å²) in [6.07, 6.45) is 1.17. The lowest BCUT2D eigenvalue weighted by molar-refractivity contribution is 0.129. The number of halogens is 1. The molecule has 0 radical (unpaired) electrons. The lowest BCUT2D eigenvalue weighted by atomic mass is 9.96. The van der Waals surface area contributed by atoms with Crippen molar-refractivity contribution in [2.24, 2.45) is 0 Å². The Morgan fingerprint density at radius 3 is 2.57 bits per heavy atom. The maximum absolute atomic E-state index is 11.9. The molecule has 1 heterocycles. The van der Waals surface area contributed by atoms with Crippen LogP contribution in [0.15, 0.2) is 48.7 Å². The highest BCUT2D eigenvalue weighted by Gasteiger charge is 2.24. The van der Waals surface area contributed by atoms with E-state index in [4.69, 9.17) is 16.3 Å². The third kappa shape index (κ3) is 4.46. The number of nitrogens with zero attached hydrogens (tertiary/aromatic N) is 1. The van der Waals surface area contributed by atoms with Gasteiger partial charge in [-0.1, -0.05) is 48.0 Å². The molecule has 1 N–H and O–H groups in total. The largest absolute Gasteiger partial charge is 0.445 e. The monoisotopic (exact) mass is 304 g/mol. The van der Waals surface area contributed by atoms with Crippen LogP contribution in [0.3, 0.4) is 0 Å².